The van der Waals surface area contributed by atoms with Gasteiger partial charge >= 0.3 is 5.97 Å². The summed E-state index contributed by atoms with van der Waals surface area (Å²) < 4.78 is 0. The average molecular weight is 203 g/mol. The Morgan fingerprint density at radius 2 is 2.23 bits per heavy atom. The predicted octanol–water partition coefficient (Wildman–Crippen LogP) is 1.33. The summed E-state index contributed by atoms with van der Waals surface area (Å²) in [6.45, 7) is 1.91. The molecule has 0 aromatic rings. The van der Waals surface area contributed by atoms with Gasteiger partial charge in [-0.25, -0.2) is 0 Å². The topological polar surface area (TPSA) is 49.3 Å². The first-order valence-corrected chi connectivity index (χ1v) is 5.96. The summed E-state index contributed by atoms with van der Waals surface area (Å²) in [4.78, 5) is 10.7. The molecular weight excluding hydrogens is 186 g/mol. The summed E-state index contributed by atoms with van der Waals surface area (Å²) in [5.74, 6) is 1.60. The van der Waals surface area contributed by atoms with Gasteiger partial charge in [-0.1, -0.05) is 6.92 Å². The average Bonchev–Trinajstić information content (AvgIpc) is 2.15. The molecule has 0 aliphatic carbocycles. The number of carboxylic acid groups (broad SMARTS) is 1. The lowest BCUT2D eigenvalue weighted by Crippen LogP contribution is -2.44. The zero-order valence-corrected chi connectivity index (χ0v) is 8.77. The van der Waals surface area contributed by atoms with Crippen LogP contribution in [0.5, 0.6) is 0 Å². The van der Waals surface area contributed by atoms with Crippen molar-refractivity contribution >= 4 is 17.7 Å². The van der Waals surface area contributed by atoms with E-state index >= 15 is 0 Å². The Morgan fingerprint density at radius 3 is 2.69 bits per heavy atom. The Morgan fingerprint density at radius 1 is 1.62 bits per heavy atom. The zero-order chi connectivity index (χ0) is 9.68. The van der Waals surface area contributed by atoms with Gasteiger partial charge in [-0.15, -0.1) is 0 Å². The van der Waals surface area contributed by atoms with E-state index in [1.54, 1.807) is 0 Å². The van der Waals surface area contributed by atoms with Gasteiger partial charge in [0.15, 0.2) is 0 Å². The second kappa shape index (κ2) is 5.50. The molecule has 1 unspecified atom stereocenters. The van der Waals surface area contributed by atoms with Crippen molar-refractivity contribution in [2.75, 3.05) is 11.5 Å². The van der Waals surface area contributed by atoms with E-state index in [4.69, 9.17) is 5.11 Å². The van der Waals surface area contributed by atoms with E-state index in [1.807, 2.05) is 18.7 Å². The highest BCUT2D eigenvalue weighted by Crippen LogP contribution is 2.17. The first kappa shape index (κ1) is 10.9. The fourth-order valence-electron chi connectivity index (χ4n) is 1.51. The molecule has 1 atom stereocenters. The molecule has 0 aromatic carbocycles. The van der Waals surface area contributed by atoms with Crippen molar-refractivity contribution in [2.45, 2.75) is 38.3 Å². The minimum atomic E-state index is -0.722. The molecular formula is C9H17NO2S. The highest BCUT2D eigenvalue weighted by molar-refractivity contribution is 7.99. The Balaban J connectivity index is 2.31. The summed E-state index contributed by atoms with van der Waals surface area (Å²) in [6, 6.07) is 0.0652. The fraction of sp³-hybridized carbons (Fsp3) is 0.889. The lowest BCUT2D eigenvalue weighted by Gasteiger charge is -2.25. The van der Waals surface area contributed by atoms with Crippen LogP contribution in [0.3, 0.4) is 0 Å². The molecule has 0 spiro atoms. The summed E-state index contributed by atoms with van der Waals surface area (Å²) in [7, 11) is 0. The van der Waals surface area contributed by atoms with Crippen LogP contribution in [0.4, 0.5) is 0 Å². The number of carbonyl (C=O) groups is 1. The maximum Gasteiger partial charge on any atom is 0.320 e. The molecule has 1 heterocycles. The lowest BCUT2D eigenvalue weighted by molar-refractivity contribution is -0.139. The monoisotopic (exact) mass is 203 g/mol. The van der Waals surface area contributed by atoms with Gasteiger partial charge in [0.1, 0.15) is 6.04 Å². The normalized spacial score (nSPS) is 21.3. The number of hydrogen-bond donors (Lipinski definition) is 2. The minimum Gasteiger partial charge on any atom is -0.480 e. The van der Waals surface area contributed by atoms with Crippen molar-refractivity contribution in [3.63, 3.8) is 0 Å². The van der Waals surface area contributed by atoms with Crippen LogP contribution in [0.2, 0.25) is 0 Å². The summed E-state index contributed by atoms with van der Waals surface area (Å²) in [6.07, 6.45) is 2.88. The van der Waals surface area contributed by atoms with Crippen molar-refractivity contribution in [3.05, 3.63) is 0 Å². The maximum absolute atomic E-state index is 10.7. The Bertz CT molecular complexity index is 169. The molecule has 0 saturated carbocycles. The molecule has 76 valence electrons. The van der Waals surface area contributed by atoms with Crippen molar-refractivity contribution in [1.82, 2.24) is 5.32 Å². The third-order valence-corrected chi connectivity index (χ3v) is 3.41. The van der Waals surface area contributed by atoms with E-state index in [0.29, 0.717) is 12.5 Å². The van der Waals surface area contributed by atoms with Gasteiger partial charge in [0.25, 0.3) is 0 Å². The van der Waals surface area contributed by atoms with Crippen molar-refractivity contribution < 1.29 is 9.90 Å². The summed E-state index contributed by atoms with van der Waals surface area (Å²) >= 11 is 1.95. The SMILES string of the molecule is CCC(NC1CCSCC1)C(=O)O. The molecule has 4 heteroatoms. The molecule has 0 radical (unpaired) electrons. The molecule has 2 N–H and O–H groups in total. The Hall–Kier alpha value is -0.220. The molecule has 1 fully saturated rings. The van der Waals surface area contributed by atoms with Crippen molar-refractivity contribution in [2.24, 2.45) is 0 Å². The van der Waals surface area contributed by atoms with Crippen molar-refractivity contribution in [3.8, 4) is 0 Å². The van der Waals surface area contributed by atoms with E-state index in [1.165, 1.54) is 0 Å². The van der Waals surface area contributed by atoms with Crippen molar-refractivity contribution in [1.29, 1.82) is 0 Å². The molecule has 0 bridgehead atoms. The highest BCUT2D eigenvalue weighted by Gasteiger charge is 2.20. The lowest BCUT2D eigenvalue weighted by atomic mass is 10.1. The second-order valence-corrected chi connectivity index (χ2v) is 4.58. The van der Waals surface area contributed by atoms with Gasteiger partial charge in [-0.2, -0.15) is 11.8 Å². The molecule has 1 aliphatic heterocycles. The smallest absolute Gasteiger partial charge is 0.320 e. The van der Waals surface area contributed by atoms with E-state index in [0.717, 1.165) is 24.3 Å². The molecule has 3 nitrogen and oxygen atoms in total. The molecule has 1 aliphatic rings. The van der Waals surface area contributed by atoms with E-state index in [9.17, 15) is 4.79 Å². The largest absolute Gasteiger partial charge is 0.480 e. The fourth-order valence-corrected chi connectivity index (χ4v) is 2.62. The third-order valence-electron chi connectivity index (χ3n) is 2.36. The molecule has 1 saturated heterocycles. The van der Waals surface area contributed by atoms with Gasteiger partial charge < -0.3 is 10.4 Å². The minimum absolute atomic E-state index is 0.354. The summed E-state index contributed by atoms with van der Waals surface area (Å²) in [5.41, 5.74) is 0. The van der Waals surface area contributed by atoms with Crippen LogP contribution in [0, 0.1) is 0 Å². The number of rotatable bonds is 4. The first-order valence-electron chi connectivity index (χ1n) is 4.80. The van der Waals surface area contributed by atoms with Gasteiger partial charge in [0, 0.05) is 6.04 Å². The van der Waals surface area contributed by atoms with Crippen LogP contribution >= 0.6 is 11.8 Å². The third kappa shape index (κ3) is 3.56. The second-order valence-electron chi connectivity index (χ2n) is 3.35. The highest BCUT2D eigenvalue weighted by atomic mass is 32.2. The van der Waals surface area contributed by atoms with Gasteiger partial charge in [0.05, 0.1) is 0 Å². The molecule has 1 rings (SSSR count). The van der Waals surface area contributed by atoms with Gasteiger partial charge in [-0.05, 0) is 30.8 Å². The summed E-state index contributed by atoms with van der Waals surface area (Å²) in [5, 5.41) is 12.0. The van der Waals surface area contributed by atoms with Gasteiger partial charge in [0.2, 0.25) is 0 Å². The van der Waals surface area contributed by atoms with Crippen LogP contribution < -0.4 is 5.32 Å². The van der Waals surface area contributed by atoms with Crippen LogP contribution in [-0.2, 0) is 4.79 Å². The standard InChI is InChI=1S/C9H17NO2S/c1-2-8(9(11)12)10-7-3-5-13-6-4-7/h7-8,10H,2-6H2,1H3,(H,11,12). The first-order chi connectivity index (χ1) is 6.24. The number of thioether (sulfide) groups is 1. The van der Waals surface area contributed by atoms with Crippen LogP contribution in [0.1, 0.15) is 26.2 Å². The molecule has 0 aromatic heterocycles. The molecule has 0 amide bonds. The Kier molecular flexibility index (Phi) is 4.59. The van der Waals surface area contributed by atoms with Crippen LogP contribution in [0.15, 0.2) is 0 Å². The quantitative estimate of drug-likeness (QED) is 0.724. The van der Waals surface area contributed by atoms with E-state index in [-0.39, 0.29) is 6.04 Å². The zero-order valence-electron chi connectivity index (χ0n) is 7.95. The number of carboxylic acids is 1. The van der Waals surface area contributed by atoms with Crippen LogP contribution in [0.25, 0.3) is 0 Å². The molecule has 13 heavy (non-hydrogen) atoms. The number of aliphatic carboxylic acids is 1. The van der Waals surface area contributed by atoms with E-state index in [2.05, 4.69) is 5.32 Å². The number of nitrogens with one attached hydrogen (secondary N) is 1. The van der Waals surface area contributed by atoms with Crippen LogP contribution in [-0.4, -0.2) is 34.7 Å². The maximum atomic E-state index is 10.7. The number of hydrogen-bond acceptors (Lipinski definition) is 3. The Labute approximate surface area is 83.3 Å². The predicted molar refractivity (Wildman–Crippen MR) is 55.2 cm³/mol. The van der Waals surface area contributed by atoms with Gasteiger partial charge in [-0.3, -0.25) is 4.79 Å². The van der Waals surface area contributed by atoms with E-state index < -0.39 is 5.97 Å².